The monoisotopic (exact) mass is 267 g/mol. The van der Waals surface area contributed by atoms with Crippen LogP contribution < -0.4 is 10.5 Å². The standard InChI is InChI=1S/C13H17NO5/c1-13(2,12(16)17)7-19-11(15)9-6-8(18-3)4-5-10(9)14/h4-6H,7,14H2,1-3H3,(H,16,17). The number of hydrogen-bond acceptors (Lipinski definition) is 5. The largest absolute Gasteiger partial charge is 0.497 e. The maximum absolute atomic E-state index is 11.9. The number of ether oxygens (including phenoxy) is 2. The predicted molar refractivity (Wildman–Crippen MR) is 69.1 cm³/mol. The van der Waals surface area contributed by atoms with E-state index in [0.717, 1.165) is 0 Å². The second-order valence-electron chi connectivity index (χ2n) is 4.72. The van der Waals surface area contributed by atoms with Gasteiger partial charge in [-0.3, -0.25) is 4.79 Å². The summed E-state index contributed by atoms with van der Waals surface area (Å²) in [6.07, 6.45) is 0. The van der Waals surface area contributed by atoms with Crippen LogP contribution in [-0.2, 0) is 9.53 Å². The minimum Gasteiger partial charge on any atom is -0.497 e. The van der Waals surface area contributed by atoms with Gasteiger partial charge in [-0.05, 0) is 32.0 Å². The predicted octanol–water partition coefficient (Wildman–Crippen LogP) is 1.54. The number of nitrogens with two attached hydrogens (primary N) is 1. The smallest absolute Gasteiger partial charge is 0.340 e. The van der Waals surface area contributed by atoms with Crippen LogP contribution in [0.4, 0.5) is 5.69 Å². The number of methoxy groups -OCH3 is 1. The summed E-state index contributed by atoms with van der Waals surface area (Å²) in [5.41, 5.74) is 4.92. The Hall–Kier alpha value is -2.24. The molecule has 0 aromatic heterocycles. The van der Waals surface area contributed by atoms with E-state index in [4.69, 9.17) is 20.3 Å². The first-order valence-corrected chi connectivity index (χ1v) is 5.62. The van der Waals surface area contributed by atoms with Crippen molar-refractivity contribution in [3.63, 3.8) is 0 Å². The molecule has 0 bridgehead atoms. The van der Waals surface area contributed by atoms with Gasteiger partial charge in [0.15, 0.2) is 0 Å². The van der Waals surface area contributed by atoms with Crippen LogP contribution in [0.2, 0.25) is 0 Å². The lowest BCUT2D eigenvalue weighted by Gasteiger charge is -2.19. The molecule has 0 aliphatic carbocycles. The van der Waals surface area contributed by atoms with Gasteiger partial charge in [-0.2, -0.15) is 0 Å². The first-order valence-electron chi connectivity index (χ1n) is 5.62. The Labute approximate surface area is 111 Å². The molecule has 104 valence electrons. The molecule has 1 aromatic carbocycles. The zero-order chi connectivity index (χ0) is 14.6. The summed E-state index contributed by atoms with van der Waals surface area (Å²) < 4.78 is 9.97. The van der Waals surface area contributed by atoms with Gasteiger partial charge >= 0.3 is 11.9 Å². The molecule has 0 saturated carbocycles. The average Bonchev–Trinajstić information content (AvgIpc) is 2.36. The molecule has 1 rings (SSSR count). The van der Waals surface area contributed by atoms with Crippen LogP contribution >= 0.6 is 0 Å². The van der Waals surface area contributed by atoms with Gasteiger partial charge in [0, 0.05) is 5.69 Å². The number of hydrogen-bond donors (Lipinski definition) is 2. The Kier molecular flexibility index (Phi) is 4.37. The molecule has 6 heteroatoms. The molecule has 3 N–H and O–H groups in total. The summed E-state index contributed by atoms with van der Waals surface area (Å²) in [6.45, 7) is 2.70. The summed E-state index contributed by atoms with van der Waals surface area (Å²) in [5.74, 6) is -1.25. The SMILES string of the molecule is COc1ccc(N)c(C(=O)OCC(C)(C)C(=O)O)c1. The number of carboxylic acids is 1. The number of esters is 1. The second kappa shape index (κ2) is 5.60. The average molecular weight is 267 g/mol. The van der Waals surface area contributed by atoms with Crippen LogP contribution in [0.25, 0.3) is 0 Å². The van der Waals surface area contributed by atoms with Gasteiger partial charge in [-0.15, -0.1) is 0 Å². The Morgan fingerprint density at radius 3 is 2.53 bits per heavy atom. The first kappa shape index (κ1) is 14.8. The zero-order valence-corrected chi connectivity index (χ0v) is 11.1. The molecule has 0 saturated heterocycles. The molecule has 6 nitrogen and oxygen atoms in total. The fraction of sp³-hybridized carbons (Fsp3) is 0.385. The van der Waals surface area contributed by atoms with Gasteiger partial charge in [-0.25, -0.2) is 4.79 Å². The highest BCUT2D eigenvalue weighted by molar-refractivity contribution is 5.95. The van der Waals surface area contributed by atoms with Gasteiger partial charge in [0.1, 0.15) is 12.4 Å². The van der Waals surface area contributed by atoms with E-state index in [1.807, 2.05) is 0 Å². The van der Waals surface area contributed by atoms with Crippen molar-refractivity contribution in [1.29, 1.82) is 0 Å². The lowest BCUT2D eigenvalue weighted by molar-refractivity contribution is -0.149. The van der Waals surface area contributed by atoms with E-state index >= 15 is 0 Å². The van der Waals surface area contributed by atoms with Gasteiger partial charge in [0.05, 0.1) is 18.1 Å². The maximum Gasteiger partial charge on any atom is 0.340 e. The molecule has 0 amide bonds. The molecule has 0 spiro atoms. The first-order chi connectivity index (χ1) is 8.77. The van der Waals surface area contributed by atoms with E-state index < -0.39 is 17.4 Å². The summed E-state index contributed by atoms with van der Waals surface area (Å²) in [5, 5.41) is 8.93. The highest BCUT2D eigenvalue weighted by atomic mass is 16.5. The van der Waals surface area contributed by atoms with Crippen molar-refractivity contribution >= 4 is 17.6 Å². The Balaban J connectivity index is 2.82. The van der Waals surface area contributed by atoms with E-state index in [1.165, 1.54) is 33.1 Å². The number of nitrogen functional groups attached to an aromatic ring is 1. The lowest BCUT2D eigenvalue weighted by atomic mass is 9.95. The molecular formula is C13H17NO5. The molecule has 0 aliphatic heterocycles. The van der Waals surface area contributed by atoms with Gasteiger partial charge in [0.25, 0.3) is 0 Å². The van der Waals surface area contributed by atoms with Crippen LogP contribution in [0.1, 0.15) is 24.2 Å². The Morgan fingerprint density at radius 2 is 2.00 bits per heavy atom. The fourth-order valence-corrected chi connectivity index (χ4v) is 1.22. The highest BCUT2D eigenvalue weighted by Gasteiger charge is 2.29. The van der Waals surface area contributed by atoms with E-state index in [1.54, 1.807) is 6.07 Å². The van der Waals surface area contributed by atoms with Crippen LogP contribution in [-0.4, -0.2) is 30.8 Å². The van der Waals surface area contributed by atoms with Crippen molar-refractivity contribution in [3.8, 4) is 5.75 Å². The summed E-state index contributed by atoms with van der Waals surface area (Å²) in [6, 6.07) is 4.59. The molecule has 0 radical (unpaired) electrons. The van der Waals surface area contributed by atoms with Crippen LogP contribution in [0.3, 0.4) is 0 Å². The van der Waals surface area contributed by atoms with Crippen LogP contribution in [0.15, 0.2) is 18.2 Å². The number of anilines is 1. The maximum atomic E-state index is 11.9. The molecule has 0 aliphatic rings. The normalized spacial score (nSPS) is 10.9. The van der Waals surface area contributed by atoms with Gasteiger partial charge < -0.3 is 20.3 Å². The molecule has 1 aromatic rings. The van der Waals surface area contributed by atoms with Crippen molar-refractivity contribution in [2.24, 2.45) is 5.41 Å². The van der Waals surface area contributed by atoms with Crippen molar-refractivity contribution in [2.75, 3.05) is 19.5 Å². The number of rotatable bonds is 5. The number of carbonyl (C=O) groups excluding carboxylic acids is 1. The van der Waals surface area contributed by atoms with Crippen LogP contribution in [0, 0.1) is 5.41 Å². The Bertz CT molecular complexity index is 496. The van der Waals surface area contributed by atoms with Crippen molar-refractivity contribution in [1.82, 2.24) is 0 Å². The van der Waals surface area contributed by atoms with Crippen LogP contribution in [0.5, 0.6) is 5.75 Å². The zero-order valence-electron chi connectivity index (χ0n) is 11.1. The third kappa shape index (κ3) is 3.61. The van der Waals surface area contributed by atoms with Crippen molar-refractivity contribution < 1.29 is 24.2 Å². The number of carboxylic acid groups (broad SMARTS) is 1. The van der Waals surface area contributed by atoms with E-state index in [0.29, 0.717) is 5.75 Å². The second-order valence-corrected chi connectivity index (χ2v) is 4.72. The van der Waals surface area contributed by atoms with Crippen molar-refractivity contribution in [3.05, 3.63) is 23.8 Å². The number of aliphatic carboxylic acids is 1. The topological polar surface area (TPSA) is 98.9 Å². The number of benzene rings is 1. The Morgan fingerprint density at radius 1 is 1.37 bits per heavy atom. The molecule has 19 heavy (non-hydrogen) atoms. The molecule has 0 unspecified atom stereocenters. The van der Waals surface area contributed by atoms with E-state index in [-0.39, 0.29) is 17.9 Å². The van der Waals surface area contributed by atoms with Gasteiger partial charge in [-0.1, -0.05) is 0 Å². The summed E-state index contributed by atoms with van der Waals surface area (Å²) >= 11 is 0. The van der Waals surface area contributed by atoms with E-state index in [9.17, 15) is 9.59 Å². The fourth-order valence-electron chi connectivity index (χ4n) is 1.22. The third-order valence-corrected chi connectivity index (χ3v) is 2.62. The quantitative estimate of drug-likeness (QED) is 0.620. The summed E-state index contributed by atoms with van der Waals surface area (Å²) in [7, 11) is 1.47. The third-order valence-electron chi connectivity index (χ3n) is 2.62. The summed E-state index contributed by atoms with van der Waals surface area (Å²) in [4.78, 5) is 22.8. The minimum absolute atomic E-state index is 0.153. The van der Waals surface area contributed by atoms with Gasteiger partial charge in [0.2, 0.25) is 0 Å². The molecule has 0 fully saturated rings. The molecular weight excluding hydrogens is 250 g/mol. The van der Waals surface area contributed by atoms with E-state index in [2.05, 4.69) is 0 Å². The number of carbonyl (C=O) groups is 2. The molecule has 0 atom stereocenters. The van der Waals surface area contributed by atoms with Crippen molar-refractivity contribution in [2.45, 2.75) is 13.8 Å². The lowest BCUT2D eigenvalue weighted by Crippen LogP contribution is -2.30. The molecule has 0 heterocycles. The highest BCUT2D eigenvalue weighted by Crippen LogP contribution is 2.22. The minimum atomic E-state index is -1.15.